The molecular weight excluding hydrogens is 236 g/mol. The molecular formula is C16H28N2O. The van der Waals surface area contributed by atoms with Gasteiger partial charge in [-0.2, -0.15) is 0 Å². The van der Waals surface area contributed by atoms with Crippen molar-refractivity contribution in [3.8, 4) is 5.75 Å². The van der Waals surface area contributed by atoms with Gasteiger partial charge in [0.2, 0.25) is 0 Å². The van der Waals surface area contributed by atoms with Crippen LogP contribution in [0.4, 0.5) is 0 Å². The molecule has 3 nitrogen and oxygen atoms in total. The maximum atomic E-state index is 5.67. The molecule has 1 aromatic carbocycles. The number of hydrogen-bond donors (Lipinski definition) is 2. The molecule has 0 saturated carbocycles. The second-order valence-corrected chi connectivity index (χ2v) is 5.89. The van der Waals surface area contributed by atoms with Gasteiger partial charge in [-0.15, -0.1) is 0 Å². The van der Waals surface area contributed by atoms with Crippen LogP contribution < -0.4 is 15.8 Å². The Labute approximate surface area is 117 Å². The Morgan fingerprint density at radius 3 is 2.37 bits per heavy atom. The van der Waals surface area contributed by atoms with Gasteiger partial charge in [0, 0.05) is 12.0 Å². The standard InChI is InChI=1S/C16H28N2O/c1-13(2)19-15-8-6-14(7-9-15)16(3,4)12-18-11-5-10-17/h6-9,13,18H,5,10-12,17H2,1-4H3. The first-order valence-corrected chi connectivity index (χ1v) is 7.13. The van der Waals surface area contributed by atoms with Gasteiger partial charge in [0.15, 0.2) is 0 Å². The average molecular weight is 264 g/mol. The summed E-state index contributed by atoms with van der Waals surface area (Å²) in [6, 6.07) is 8.42. The molecule has 0 aliphatic rings. The largest absolute Gasteiger partial charge is 0.491 e. The lowest BCUT2D eigenvalue weighted by Gasteiger charge is -2.26. The lowest BCUT2D eigenvalue weighted by molar-refractivity contribution is 0.242. The van der Waals surface area contributed by atoms with E-state index < -0.39 is 0 Å². The van der Waals surface area contributed by atoms with E-state index in [4.69, 9.17) is 10.5 Å². The molecule has 0 bridgehead atoms. The first kappa shape index (κ1) is 16.0. The molecule has 0 aliphatic carbocycles. The molecule has 3 N–H and O–H groups in total. The second kappa shape index (κ2) is 7.51. The number of rotatable bonds is 8. The van der Waals surface area contributed by atoms with Crippen molar-refractivity contribution >= 4 is 0 Å². The summed E-state index contributed by atoms with van der Waals surface area (Å²) >= 11 is 0. The van der Waals surface area contributed by atoms with Gasteiger partial charge in [-0.3, -0.25) is 0 Å². The minimum absolute atomic E-state index is 0.116. The zero-order valence-electron chi connectivity index (χ0n) is 12.7. The molecule has 3 heteroatoms. The van der Waals surface area contributed by atoms with Crippen LogP contribution in [0, 0.1) is 0 Å². The van der Waals surface area contributed by atoms with Crippen LogP contribution >= 0.6 is 0 Å². The highest BCUT2D eigenvalue weighted by Crippen LogP contribution is 2.25. The topological polar surface area (TPSA) is 47.3 Å². The molecule has 0 radical (unpaired) electrons. The maximum Gasteiger partial charge on any atom is 0.119 e. The van der Waals surface area contributed by atoms with Gasteiger partial charge in [-0.1, -0.05) is 26.0 Å². The van der Waals surface area contributed by atoms with E-state index in [2.05, 4.69) is 43.4 Å². The number of benzene rings is 1. The normalized spacial score (nSPS) is 11.9. The molecule has 108 valence electrons. The summed E-state index contributed by atoms with van der Waals surface area (Å²) in [6.45, 7) is 11.3. The van der Waals surface area contributed by atoms with E-state index in [-0.39, 0.29) is 11.5 Å². The fraction of sp³-hybridized carbons (Fsp3) is 0.625. The van der Waals surface area contributed by atoms with Gasteiger partial charge in [-0.05, 0) is 51.1 Å². The Balaban J connectivity index is 2.57. The summed E-state index contributed by atoms with van der Waals surface area (Å²) in [4.78, 5) is 0. The highest BCUT2D eigenvalue weighted by molar-refractivity contribution is 5.32. The molecule has 1 rings (SSSR count). The predicted molar refractivity (Wildman–Crippen MR) is 81.8 cm³/mol. The van der Waals surface area contributed by atoms with Crippen LogP contribution in [0.3, 0.4) is 0 Å². The number of hydrogen-bond acceptors (Lipinski definition) is 3. The zero-order valence-corrected chi connectivity index (χ0v) is 12.7. The molecule has 0 atom stereocenters. The van der Waals surface area contributed by atoms with Gasteiger partial charge in [0.1, 0.15) is 5.75 Å². The molecule has 0 spiro atoms. The molecule has 1 aromatic rings. The van der Waals surface area contributed by atoms with E-state index in [1.54, 1.807) is 0 Å². The Morgan fingerprint density at radius 2 is 1.84 bits per heavy atom. The van der Waals surface area contributed by atoms with E-state index in [0.717, 1.165) is 31.8 Å². The Morgan fingerprint density at radius 1 is 1.21 bits per heavy atom. The monoisotopic (exact) mass is 264 g/mol. The van der Waals surface area contributed by atoms with Crippen LogP contribution in [0.1, 0.15) is 39.7 Å². The Bertz CT molecular complexity index is 358. The first-order chi connectivity index (χ1) is 8.95. The fourth-order valence-electron chi connectivity index (χ4n) is 1.99. The minimum Gasteiger partial charge on any atom is -0.491 e. The Kier molecular flexibility index (Phi) is 6.32. The van der Waals surface area contributed by atoms with Crippen molar-refractivity contribution in [3.63, 3.8) is 0 Å². The number of nitrogens with one attached hydrogen (secondary N) is 1. The fourth-order valence-corrected chi connectivity index (χ4v) is 1.99. The predicted octanol–water partition coefficient (Wildman–Crippen LogP) is 2.69. The van der Waals surface area contributed by atoms with Gasteiger partial charge in [0.05, 0.1) is 6.10 Å². The maximum absolute atomic E-state index is 5.67. The summed E-state index contributed by atoms with van der Waals surface area (Å²) in [7, 11) is 0. The van der Waals surface area contributed by atoms with E-state index in [9.17, 15) is 0 Å². The van der Waals surface area contributed by atoms with Gasteiger partial charge < -0.3 is 15.8 Å². The molecule has 19 heavy (non-hydrogen) atoms. The van der Waals surface area contributed by atoms with Crippen LogP contribution in [-0.4, -0.2) is 25.7 Å². The summed E-state index contributed by atoms with van der Waals surface area (Å²) < 4.78 is 5.67. The van der Waals surface area contributed by atoms with Gasteiger partial charge >= 0.3 is 0 Å². The van der Waals surface area contributed by atoms with Crippen molar-refractivity contribution < 1.29 is 4.74 Å². The van der Waals surface area contributed by atoms with Crippen molar-refractivity contribution in [1.29, 1.82) is 0 Å². The van der Waals surface area contributed by atoms with Crippen molar-refractivity contribution in [2.24, 2.45) is 5.73 Å². The summed E-state index contributed by atoms with van der Waals surface area (Å²) in [5.41, 5.74) is 6.93. The van der Waals surface area contributed by atoms with E-state index in [1.165, 1.54) is 5.56 Å². The quantitative estimate of drug-likeness (QED) is 0.710. The molecule has 0 amide bonds. The van der Waals surface area contributed by atoms with Crippen molar-refractivity contribution in [2.75, 3.05) is 19.6 Å². The molecule has 0 saturated heterocycles. The van der Waals surface area contributed by atoms with Crippen LogP contribution in [0.25, 0.3) is 0 Å². The van der Waals surface area contributed by atoms with Crippen LogP contribution in [0.2, 0.25) is 0 Å². The van der Waals surface area contributed by atoms with Gasteiger partial charge in [0.25, 0.3) is 0 Å². The third-order valence-corrected chi connectivity index (χ3v) is 3.13. The number of nitrogens with two attached hydrogens (primary N) is 1. The van der Waals surface area contributed by atoms with Crippen molar-refractivity contribution in [2.45, 2.75) is 45.6 Å². The minimum atomic E-state index is 0.116. The molecule has 0 heterocycles. The summed E-state index contributed by atoms with van der Waals surface area (Å²) in [5, 5.41) is 3.46. The molecule has 0 unspecified atom stereocenters. The van der Waals surface area contributed by atoms with Crippen LogP contribution in [0.5, 0.6) is 5.75 Å². The van der Waals surface area contributed by atoms with E-state index in [0.29, 0.717) is 0 Å². The third kappa shape index (κ3) is 5.62. The second-order valence-electron chi connectivity index (χ2n) is 5.89. The highest BCUT2D eigenvalue weighted by Gasteiger charge is 2.19. The van der Waals surface area contributed by atoms with Crippen LogP contribution in [0.15, 0.2) is 24.3 Å². The smallest absolute Gasteiger partial charge is 0.119 e. The number of ether oxygens (including phenoxy) is 1. The molecule has 0 aliphatic heterocycles. The summed E-state index contributed by atoms with van der Waals surface area (Å²) in [5.74, 6) is 0.936. The lowest BCUT2D eigenvalue weighted by atomic mass is 9.84. The SMILES string of the molecule is CC(C)Oc1ccc(C(C)(C)CNCCCN)cc1. The van der Waals surface area contributed by atoms with Crippen LogP contribution in [-0.2, 0) is 5.41 Å². The first-order valence-electron chi connectivity index (χ1n) is 7.13. The van der Waals surface area contributed by atoms with Crippen molar-refractivity contribution in [1.82, 2.24) is 5.32 Å². The van der Waals surface area contributed by atoms with E-state index >= 15 is 0 Å². The Hall–Kier alpha value is -1.06. The highest BCUT2D eigenvalue weighted by atomic mass is 16.5. The summed E-state index contributed by atoms with van der Waals surface area (Å²) in [6.07, 6.45) is 1.24. The van der Waals surface area contributed by atoms with E-state index in [1.807, 2.05) is 13.8 Å². The van der Waals surface area contributed by atoms with Crippen molar-refractivity contribution in [3.05, 3.63) is 29.8 Å². The average Bonchev–Trinajstić information content (AvgIpc) is 2.35. The van der Waals surface area contributed by atoms with Gasteiger partial charge in [-0.25, -0.2) is 0 Å². The zero-order chi connectivity index (χ0) is 14.3. The third-order valence-electron chi connectivity index (χ3n) is 3.13. The molecule has 0 fully saturated rings. The lowest BCUT2D eigenvalue weighted by Crippen LogP contribution is -2.34. The molecule has 0 aromatic heterocycles.